The second-order valence-corrected chi connectivity index (χ2v) is 8.76. The summed E-state index contributed by atoms with van der Waals surface area (Å²) in [6.45, 7) is 1.74. The van der Waals surface area contributed by atoms with Crippen LogP contribution in [-0.4, -0.2) is 36.3 Å². The van der Waals surface area contributed by atoms with Gasteiger partial charge in [-0.2, -0.15) is 5.10 Å². The van der Waals surface area contributed by atoms with E-state index in [1.165, 1.54) is 23.0 Å². The maximum absolute atomic E-state index is 15.2. The van der Waals surface area contributed by atoms with E-state index in [1.807, 2.05) is 6.07 Å². The molecule has 0 unspecified atom stereocenters. The third-order valence-corrected chi connectivity index (χ3v) is 6.80. The fourth-order valence-electron chi connectivity index (χ4n) is 3.42. The van der Waals surface area contributed by atoms with Crippen LogP contribution in [0.1, 0.15) is 12.5 Å². The number of pyridine rings is 1. The van der Waals surface area contributed by atoms with Gasteiger partial charge in [0.05, 0.1) is 35.7 Å². The molecule has 10 heteroatoms. The van der Waals surface area contributed by atoms with Gasteiger partial charge in [-0.3, -0.25) is 0 Å². The second-order valence-electron chi connectivity index (χ2n) is 6.93. The molecule has 168 valence electrons. The van der Waals surface area contributed by atoms with Crippen LogP contribution in [0.2, 0.25) is 0 Å². The van der Waals surface area contributed by atoms with Crippen LogP contribution in [-0.2, 0) is 10.0 Å². The molecule has 2 heterocycles. The first kappa shape index (κ1) is 22.4. The third-order valence-electron chi connectivity index (χ3n) is 4.90. The lowest BCUT2D eigenvalue weighted by atomic mass is 10.1. The highest BCUT2D eigenvalue weighted by molar-refractivity contribution is 7.92. The summed E-state index contributed by atoms with van der Waals surface area (Å²) in [5, 5.41) is 4.74. The highest BCUT2D eigenvalue weighted by Gasteiger charge is 2.29. The van der Waals surface area contributed by atoms with E-state index in [1.54, 1.807) is 25.1 Å². The summed E-state index contributed by atoms with van der Waals surface area (Å²) in [7, 11) is -4.31. The number of nitrogens with two attached hydrogens (primary N) is 1. The number of benzene rings is 2. The summed E-state index contributed by atoms with van der Waals surface area (Å²) in [6, 6.07) is 11.8. The molecule has 4 aromatic rings. The minimum atomic E-state index is -4.31. The normalized spacial score (nSPS) is 11.3. The molecule has 0 aliphatic rings. The predicted molar refractivity (Wildman–Crippen MR) is 121 cm³/mol. The largest absolute Gasteiger partial charge is 0.320 e. The lowest BCUT2D eigenvalue weighted by Gasteiger charge is -2.22. The van der Waals surface area contributed by atoms with Gasteiger partial charge in [0.1, 0.15) is 22.3 Å². The molecule has 0 spiro atoms. The molecule has 0 atom stereocenters. The molecule has 0 amide bonds. The van der Waals surface area contributed by atoms with Crippen molar-refractivity contribution in [3.8, 4) is 17.5 Å². The zero-order chi connectivity index (χ0) is 23.6. The number of nitrogens with zero attached hydrogens (tertiary/aromatic N) is 4. The molecule has 0 radical (unpaired) electrons. The van der Waals surface area contributed by atoms with Crippen LogP contribution in [0.25, 0.3) is 16.6 Å². The Bertz CT molecular complexity index is 1490. The van der Waals surface area contributed by atoms with E-state index in [0.717, 1.165) is 22.6 Å². The fourth-order valence-corrected chi connectivity index (χ4v) is 4.93. The number of hydrogen-bond acceptors (Lipinski definition) is 5. The average molecular weight is 468 g/mol. The number of sulfonamides is 1. The summed E-state index contributed by atoms with van der Waals surface area (Å²) in [5.41, 5.74) is 7.09. The molecule has 2 aromatic carbocycles. The van der Waals surface area contributed by atoms with Gasteiger partial charge in [-0.25, -0.2) is 31.2 Å². The minimum Gasteiger partial charge on any atom is -0.320 e. The van der Waals surface area contributed by atoms with Gasteiger partial charge in [0.2, 0.25) is 0 Å². The highest BCUT2D eigenvalue weighted by Crippen LogP contribution is 2.29. The fraction of sp³-hybridized carbons (Fsp3) is 0.130. The average Bonchev–Trinajstić information content (AvgIpc) is 3.21. The predicted octanol–water partition coefficient (Wildman–Crippen LogP) is 3.22. The highest BCUT2D eigenvalue weighted by atomic mass is 32.2. The first-order chi connectivity index (χ1) is 15.9. The summed E-state index contributed by atoms with van der Waals surface area (Å²) >= 11 is 0. The number of aromatic nitrogens is 3. The Hall–Kier alpha value is -3.81. The third kappa shape index (κ3) is 4.16. The van der Waals surface area contributed by atoms with E-state index < -0.39 is 26.6 Å². The quantitative estimate of drug-likeness (QED) is 0.455. The molecular weight excluding hydrogens is 448 g/mol. The Labute approximate surface area is 189 Å². The monoisotopic (exact) mass is 467 g/mol. The molecule has 0 saturated carbocycles. The van der Waals surface area contributed by atoms with Crippen LogP contribution >= 0.6 is 0 Å². The molecule has 0 bridgehead atoms. The Balaban J connectivity index is 1.83. The van der Waals surface area contributed by atoms with Crippen LogP contribution in [0.3, 0.4) is 0 Å². The van der Waals surface area contributed by atoms with Crippen molar-refractivity contribution < 1.29 is 17.2 Å². The van der Waals surface area contributed by atoms with Crippen molar-refractivity contribution in [2.75, 3.05) is 17.4 Å². The van der Waals surface area contributed by atoms with Gasteiger partial charge < -0.3 is 5.73 Å². The van der Waals surface area contributed by atoms with Crippen LogP contribution < -0.4 is 10.0 Å². The van der Waals surface area contributed by atoms with Crippen molar-refractivity contribution in [1.82, 2.24) is 14.8 Å². The van der Waals surface area contributed by atoms with E-state index in [9.17, 15) is 12.8 Å². The van der Waals surface area contributed by atoms with Crippen molar-refractivity contribution in [3.63, 3.8) is 0 Å². The number of para-hydroxylation sites is 1. The first-order valence-electron chi connectivity index (χ1n) is 9.96. The lowest BCUT2D eigenvalue weighted by Crippen LogP contribution is -2.32. The Morgan fingerprint density at radius 2 is 1.91 bits per heavy atom. The molecule has 2 aromatic heterocycles. The smallest absolute Gasteiger partial charge is 0.268 e. The molecule has 0 aliphatic carbocycles. The molecule has 0 saturated heterocycles. The topological polar surface area (TPSA) is 94.1 Å². The maximum atomic E-state index is 15.2. The van der Waals surface area contributed by atoms with E-state index in [4.69, 9.17) is 5.73 Å². The first-order valence-corrected chi connectivity index (χ1v) is 11.4. The number of rotatable bonds is 5. The van der Waals surface area contributed by atoms with E-state index in [-0.39, 0.29) is 18.9 Å². The molecule has 0 aliphatic heterocycles. The van der Waals surface area contributed by atoms with Crippen LogP contribution in [0, 0.1) is 23.5 Å². The zero-order valence-electron chi connectivity index (χ0n) is 17.5. The van der Waals surface area contributed by atoms with Crippen molar-refractivity contribution >= 4 is 26.7 Å². The SMILES string of the molecule is CCN(c1ccc(F)cn1)S(=O)(=O)c1cc2cnn(-c3ccccc3C#CCN)c2cc1F. The summed E-state index contributed by atoms with van der Waals surface area (Å²) in [4.78, 5) is 3.29. The molecule has 7 nitrogen and oxygen atoms in total. The maximum Gasteiger partial charge on any atom is 0.268 e. The zero-order valence-corrected chi connectivity index (χ0v) is 18.4. The van der Waals surface area contributed by atoms with E-state index >= 15 is 4.39 Å². The van der Waals surface area contributed by atoms with Crippen LogP contribution in [0.5, 0.6) is 0 Å². The van der Waals surface area contributed by atoms with Crippen molar-refractivity contribution in [2.45, 2.75) is 11.8 Å². The van der Waals surface area contributed by atoms with Gasteiger partial charge in [0, 0.05) is 18.0 Å². The minimum absolute atomic E-state index is 0.0125. The Morgan fingerprint density at radius 1 is 1.12 bits per heavy atom. The Morgan fingerprint density at radius 3 is 2.61 bits per heavy atom. The lowest BCUT2D eigenvalue weighted by molar-refractivity contribution is 0.564. The van der Waals surface area contributed by atoms with E-state index in [0.29, 0.717) is 22.2 Å². The standard InChI is InChI=1S/C23H19F2N5O2S/c1-2-29(23-10-9-18(24)15-27-23)33(31,32)22-12-17-14-28-30(21(17)13-19(22)25)20-8-4-3-6-16(20)7-5-11-26/h3-4,6,8-10,12-15H,2,11,26H2,1H3. The number of anilines is 1. The van der Waals surface area contributed by atoms with E-state index in [2.05, 4.69) is 21.9 Å². The van der Waals surface area contributed by atoms with Crippen LogP contribution in [0.4, 0.5) is 14.6 Å². The molecular formula is C23H19F2N5O2S. The summed E-state index contributed by atoms with van der Waals surface area (Å²) in [5.74, 6) is 4.17. The van der Waals surface area contributed by atoms with Crippen molar-refractivity contribution in [2.24, 2.45) is 5.73 Å². The summed E-state index contributed by atoms with van der Waals surface area (Å²) in [6.07, 6.45) is 2.36. The number of fused-ring (bicyclic) bond motifs is 1. The Kier molecular flexibility index (Phi) is 6.09. The van der Waals surface area contributed by atoms with Gasteiger partial charge in [0.25, 0.3) is 10.0 Å². The molecule has 0 fully saturated rings. The van der Waals surface area contributed by atoms with Crippen LogP contribution in [0.15, 0.2) is 65.8 Å². The number of halogens is 2. The number of hydrogen-bond donors (Lipinski definition) is 1. The molecule has 2 N–H and O–H groups in total. The van der Waals surface area contributed by atoms with Gasteiger partial charge in [-0.1, -0.05) is 24.0 Å². The van der Waals surface area contributed by atoms with Gasteiger partial charge in [-0.15, -0.1) is 0 Å². The van der Waals surface area contributed by atoms with Crippen molar-refractivity contribution in [1.29, 1.82) is 0 Å². The molecule has 33 heavy (non-hydrogen) atoms. The van der Waals surface area contributed by atoms with Gasteiger partial charge in [0.15, 0.2) is 0 Å². The van der Waals surface area contributed by atoms with Gasteiger partial charge in [-0.05, 0) is 37.3 Å². The van der Waals surface area contributed by atoms with Crippen molar-refractivity contribution in [3.05, 3.63) is 78.1 Å². The molecule has 4 rings (SSSR count). The summed E-state index contributed by atoms with van der Waals surface area (Å²) < 4.78 is 57.4. The van der Waals surface area contributed by atoms with Gasteiger partial charge >= 0.3 is 0 Å². The second kappa shape index (κ2) is 8.97.